The first-order chi connectivity index (χ1) is 7.72. The Balaban J connectivity index is 2.23. The summed E-state index contributed by atoms with van der Waals surface area (Å²) in [5.74, 6) is 1.06. The summed E-state index contributed by atoms with van der Waals surface area (Å²) in [5.41, 5.74) is 1.97. The number of nitrogens with one attached hydrogen (secondary N) is 1. The van der Waals surface area contributed by atoms with E-state index in [1.54, 1.807) is 6.20 Å². The maximum atomic E-state index is 11.9. The Bertz CT molecular complexity index is 423. The van der Waals surface area contributed by atoms with Crippen molar-refractivity contribution < 1.29 is 4.79 Å². The van der Waals surface area contributed by atoms with Crippen LogP contribution in [0.5, 0.6) is 0 Å². The fourth-order valence-electron chi connectivity index (χ4n) is 2.02. The van der Waals surface area contributed by atoms with Crippen LogP contribution in [0, 0.1) is 5.92 Å². The molecule has 1 atom stereocenters. The van der Waals surface area contributed by atoms with Crippen molar-refractivity contribution in [3.05, 3.63) is 35.7 Å². The first-order valence-electron chi connectivity index (χ1n) is 5.66. The van der Waals surface area contributed by atoms with Crippen molar-refractivity contribution in [2.24, 2.45) is 5.92 Å². The van der Waals surface area contributed by atoms with Crippen LogP contribution < -0.4 is 5.32 Å². The summed E-state index contributed by atoms with van der Waals surface area (Å²) >= 11 is 0. The molecule has 2 rings (SSSR count). The van der Waals surface area contributed by atoms with Gasteiger partial charge in [-0.05, 0) is 30.5 Å². The van der Waals surface area contributed by atoms with Crippen molar-refractivity contribution in [2.75, 3.05) is 5.32 Å². The first-order valence-corrected chi connectivity index (χ1v) is 5.66. The molecule has 16 heavy (non-hydrogen) atoms. The standard InChI is InChI=1S/C13H16N2O/c1-3-10-8-9(2)13(16)12(10)15-11-6-4-5-7-14-11/h4-7,9H,3,8H2,1-2H3,(H,14,15)/t9-/m0/s1. The number of hydrogen-bond acceptors (Lipinski definition) is 3. The van der Waals surface area contributed by atoms with Gasteiger partial charge in [-0.15, -0.1) is 0 Å². The molecule has 3 heteroatoms. The molecule has 0 saturated heterocycles. The summed E-state index contributed by atoms with van der Waals surface area (Å²) in [6.45, 7) is 4.06. The third-order valence-electron chi connectivity index (χ3n) is 2.94. The van der Waals surface area contributed by atoms with Crippen LogP contribution in [-0.2, 0) is 4.79 Å². The summed E-state index contributed by atoms with van der Waals surface area (Å²) in [5, 5.41) is 3.14. The predicted molar refractivity (Wildman–Crippen MR) is 64.0 cm³/mol. The van der Waals surface area contributed by atoms with E-state index >= 15 is 0 Å². The lowest BCUT2D eigenvalue weighted by Crippen LogP contribution is -2.13. The van der Waals surface area contributed by atoms with Crippen LogP contribution in [0.1, 0.15) is 26.7 Å². The topological polar surface area (TPSA) is 42.0 Å². The fraction of sp³-hybridized carbons (Fsp3) is 0.385. The highest BCUT2D eigenvalue weighted by atomic mass is 16.1. The third kappa shape index (κ3) is 1.98. The molecule has 0 saturated carbocycles. The smallest absolute Gasteiger partial charge is 0.182 e. The van der Waals surface area contributed by atoms with Crippen LogP contribution in [0.4, 0.5) is 5.82 Å². The van der Waals surface area contributed by atoms with Gasteiger partial charge in [0.1, 0.15) is 5.82 Å². The van der Waals surface area contributed by atoms with E-state index in [1.165, 1.54) is 5.57 Å². The second-order valence-electron chi connectivity index (χ2n) is 4.14. The van der Waals surface area contributed by atoms with Gasteiger partial charge in [0, 0.05) is 12.1 Å². The maximum absolute atomic E-state index is 11.9. The minimum absolute atomic E-state index is 0.112. The van der Waals surface area contributed by atoms with Crippen LogP contribution >= 0.6 is 0 Å². The van der Waals surface area contributed by atoms with Crippen molar-refractivity contribution in [3.63, 3.8) is 0 Å². The molecule has 0 aliphatic heterocycles. The Labute approximate surface area is 95.6 Å². The molecule has 3 nitrogen and oxygen atoms in total. The van der Waals surface area contributed by atoms with Crippen molar-refractivity contribution in [1.29, 1.82) is 0 Å². The number of rotatable bonds is 3. The quantitative estimate of drug-likeness (QED) is 0.844. The SMILES string of the molecule is CCC1=C(Nc2ccccn2)C(=O)[C@@H](C)C1. The largest absolute Gasteiger partial charge is 0.337 e. The molecule has 1 heterocycles. The average Bonchev–Trinajstić information content (AvgIpc) is 2.58. The van der Waals surface area contributed by atoms with Gasteiger partial charge in [0.15, 0.2) is 5.78 Å². The minimum atomic E-state index is 0.112. The van der Waals surface area contributed by atoms with Crippen molar-refractivity contribution in [1.82, 2.24) is 4.98 Å². The Morgan fingerprint density at radius 1 is 1.50 bits per heavy atom. The lowest BCUT2D eigenvalue weighted by molar-refractivity contribution is -0.117. The van der Waals surface area contributed by atoms with Gasteiger partial charge in [0.25, 0.3) is 0 Å². The van der Waals surface area contributed by atoms with Crippen LogP contribution in [0.15, 0.2) is 35.7 Å². The van der Waals surface area contributed by atoms with Gasteiger partial charge in [0.2, 0.25) is 0 Å². The summed E-state index contributed by atoms with van der Waals surface area (Å²) in [6, 6.07) is 5.64. The van der Waals surface area contributed by atoms with E-state index in [9.17, 15) is 4.79 Å². The number of anilines is 1. The van der Waals surface area contributed by atoms with Crippen LogP contribution in [0.2, 0.25) is 0 Å². The van der Waals surface area contributed by atoms with E-state index in [1.807, 2.05) is 25.1 Å². The zero-order valence-electron chi connectivity index (χ0n) is 9.66. The number of carbonyl (C=O) groups excluding carboxylic acids is 1. The third-order valence-corrected chi connectivity index (χ3v) is 2.94. The van der Waals surface area contributed by atoms with Crippen LogP contribution in [-0.4, -0.2) is 10.8 Å². The van der Waals surface area contributed by atoms with E-state index < -0.39 is 0 Å². The van der Waals surface area contributed by atoms with E-state index in [0.29, 0.717) is 0 Å². The predicted octanol–water partition coefficient (Wildman–Crippen LogP) is 2.77. The maximum Gasteiger partial charge on any atom is 0.182 e. The van der Waals surface area contributed by atoms with Gasteiger partial charge in [-0.25, -0.2) is 4.98 Å². The number of allylic oxidation sites excluding steroid dienone is 2. The molecular weight excluding hydrogens is 200 g/mol. The van der Waals surface area contributed by atoms with Crippen LogP contribution in [0.25, 0.3) is 0 Å². The molecule has 0 bridgehead atoms. The molecular formula is C13H16N2O. The van der Waals surface area contributed by atoms with E-state index in [4.69, 9.17) is 0 Å². The number of nitrogens with zero attached hydrogens (tertiary/aromatic N) is 1. The molecule has 0 amide bonds. The number of carbonyl (C=O) groups is 1. The highest BCUT2D eigenvalue weighted by Gasteiger charge is 2.28. The Morgan fingerprint density at radius 2 is 2.31 bits per heavy atom. The highest BCUT2D eigenvalue weighted by molar-refractivity contribution is 6.02. The van der Waals surface area contributed by atoms with Gasteiger partial charge in [0.05, 0.1) is 5.70 Å². The molecule has 1 aliphatic carbocycles. The van der Waals surface area contributed by atoms with Gasteiger partial charge in [-0.3, -0.25) is 4.79 Å². The van der Waals surface area contributed by atoms with E-state index in [-0.39, 0.29) is 11.7 Å². The Hall–Kier alpha value is -1.64. The van der Waals surface area contributed by atoms with Crippen molar-refractivity contribution in [3.8, 4) is 0 Å². The molecule has 0 radical (unpaired) electrons. The van der Waals surface area contributed by atoms with E-state index in [2.05, 4.69) is 17.2 Å². The Kier molecular flexibility index (Phi) is 3.04. The second-order valence-corrected chi connectivity index (χ2v) is 4.14. The van der Waals surface area contributed by atoms with Crippen molar-refractivity contribution >= 4 is 11.6 Å². The molecule has 1 aliphatic rings. The molecule has 1 aromatic heterocycles. The lowest BCUT2D eigenvalue weighted by atomic mass is 10.1. The zero-order chi connectivity index (χ0) is 11.5. The number of hydrogen-bond donors (Lipinski definition) is 1. The molecule has 0 unspecified atom stereocenters. The molecule has 84 valence electrons. The first kappa shape index (κ1) is 10.9. The fourth-order valence-corrected chi connectivity index (χ4v) is 2.02. The molecule has 0 aromatic carbocycles. The number of aromatic nitrogens is 1. The van der Waals surface area contributed by atoms with Crippen LogP contribution in [0.3, 0.4) is 0 Å². The van der Waals surface area contributed by atoms with Gasteiger partial charge < -0.3 is 5.32 Å². The Morgan fingerprint density at radius 3 is 2.94 bits per heavy atom. The minimum Gasteiger partial charge on any atom is -0.337 e. The number of Topliss-reactive ketones (excluding diaryl/α,β-unsaturated/α-hetero) is 1. The van der Waals surface area contributed by atoms with Crippen molar-refractivity contribution in [2.45, 2.75) is 26.7 Å². The monoisotopic (exact) mass is 216 g/mol. The normalized spacial score (nSPS) is 20.4. The summed E-state index contributed by atoms with van der Waals surface area (Å²) in [6.07, 6.45) is 3.52. The summed E-state index contributed by atoms with van der Waals surface area (Å²) in [7, 11) is 0. The summed E-state index contributed by atoms with van der Waals surface area (Å²) in [4.78, 5) is 16.1. The average molecular weight is 216 g/mol. The number of pyridine rings is 1. The van der Waals surface area contributed by atoms with Gasteiger partial charge >= 0.3 is 0 Å². The second kappa shape index (κ2) is 4.47. The van der Waals surface area contributed by atoms with Gasteiger partial charge in [-0.1, -0.05) is 19.9 Å². The lowest BCUT2D eigenvalue weighted by Gasteiger charge is -2.07. The summed E-state index contributed by atoms with van der Waals surface area (Å²) < 4.78 is 0. The molecule has 0 spiro atoms. The molecule has 0 fully saturated rings. The molecule has 1 N–H and O–H groups in total. The zero-order valence-corrected chi connectivity index (χ0v) is 9.66. The van der Waals surface area contributed by atoms with E-state index in [0.717, 1.165) is 24.4 Å². The number of ketones is 1. The molecule has 1 aromatic rings. The van der Waals surface area contributed by atoms with Gasteiger partial charge in [-0.2, -0.15) is 0 Å². The highest BCUT2D eigenvalue weighted by Crippen LogP contribution is 2.30.